The number of likely N-dealkylation sites (tertiary alicyclic amines) is 1. The van der Waals surface area contributed by atoms with E-state index in [1.165, 1.54) is 6.07 Å². The number of hydrogen-bond acceptors (Lipinski definition) is 6. The minimum atomic E-state index is -4.53. The standard InChI is InChI=1S/C23H30F3N3O4S/c1-5-6-13-34(31)19-17-14-15(23(24,25)26)7-8-18(17)27-20(28-19)32-16-9-11-29(12-10-16)21(30)33-22(2,3)4/h7-8,14,16H,5-6,9-13H2,1-4H3. The van der Waals surface area contributed by atoms with Gasteiger partial charge in [-0.3, -0.25) is 4.21 Å². The third-order valence-electron chi connectivity index (χ3n) is 5.23. The molecule has 2 aromatic rings. The average molecular weight is 502 g/mol. The van der Waals surface area contributed by atoms with Crippen molar-refractivity contribution in [3.8, 4) is 6.01 Å². The van der Waals surface area contributed by atoms with E-state index in [0.717, 1.165) is 18.6 Å². The van der Waals surface area contributed by atoms with E-state index in [1.54, 1.807) is 25.7 Å². The van der Waals surface area contributed by atoms with Crippen LogP contribution in [0.1, 0.15) is 58.9 Å². The van der Waals surface area contributed by atoms with Crippen LogP contribution in [-0.4, -0.2) is 55.7 Å². The summed E-state index contributed by atoms with van der Waals surface area (Å²) < 4.78 is 63.9. The van der Waals surface area contributed by atoms with Gasteiger partial charge in [0.2, 0.25) is 0 Å². The largest absolute Gasteiger partial charge is 0.460 e. The Bertz CT molecular complexity index is 1050. The van der Waals surface area contributed by atoms with E-state index in [-0.39, 0.29) is 39.9 Å². The number of halogens is 3. The lowest BCUT2D eigenvalue weighted by atomic mass is 10.1. The number of carbonyl (C=O) groups is 1. The van der Waals surface area contributed by atoms with Gasteiger partial charge in [0.1, 0.15) is 16.7 Å². The number of piperidine rings is 1. The van der Waals surface area contributed by atoms with Gasteiger partial charge in [0.15, 0.2) is 0 Å². The summed E-state index contributed by atoms with van der Waals surface area (Å²) >= 11 is 0. The Balaban J connectivity index is 1.80. The molecule has 1 aromatic heterocycles. The smallest absolute Gasteiger partial charge is 0.416 e. The van der Waals surface area contributed by atoms with Crippen LogP contribution in [0.5, 0.6) is 6.01 Å². The minimum absolute atomic E-state index is 0.0252. The number of carbonyl (C=O) groups excluding carboxylic acids is 1. The molecular formula is C23H30F3N3O4S. The highest BCUT2D eigenvalue weighted by atomic mass is 32.2. The quantitative estimate of drug-likeness (QED) is 0.498. The molecule has 0 saturated carbocycles. The summed E-state index contributed by atoms with van der Waals surface area (Å²) in [6.45, 7) is 8.20. The molecule has 11 heteroatoms. The second kappa shape index (κ2) is 10.5. The van der Waals surface area contributed by atoms with E-state index >= 15 is 0 Å². The zero-order chi connectivity index (χ0) is 25.1. The highest BCUT2D eigenvalue weighted by Crippen LogP contribution is 2.33. The van der Waals surface area contributed by atoms with E-state index in [0.29, 0.717) is 32.4 Å². The Morgan fingerprint density at radius 3 is 2.44 bits per heavy atom. The van der Waals surface area contributed by atoms with Gasteiger partial charge < -0.3 is 14.4 Å². The van der Waals surface area contributed by atoms with Crippen LogP contribution in [0.2, 0.25) is 0 Å². The van der Waals surface area contributed by atoms with Crippen LogP contribution in [0, 0.1) is 0 Å². The molecule has 188 valence electrons. The average Bonchev–Trinajstić information content (AvgIpc) is 2.75. The molecule has 0 spiro atoms. The fourth-order valence-corrected chi connectivity index (χ4v) is 4.82. The first-order valence-electron chi connectivity index (χ1n) is 11.3. The third kappa shape index (κ3) is 6.80. The van der Waals surface area contributed by atoms with Gasteiger partial charge in [0.05, 0.1) is 21.9 Å². The molecule has 2 heterocycles. The number of amides is 1. The molecule has 0 radical (unpaired) electrons. The van der Waals surface area contributed by atoms with Crippen LogP contribution in [0.4, 0.5) is 18.0 Å². The molecule has 1 atom stereocenters. The van der Waals surface area contributed by atoms with E-state index in [2.05, 4.69) is 9.97 Å². The fraction of sp³-hybridized carbons (Fsp3) is 0.609. The normalized spacial score (nSPS) is 16.5. The van der Waals surface area contributed by atoms with Crippen molar-refractivity contribution in [2.75, 3.05) is 18.8 Å². The van der Waals surface area contributed by atoms with Gasteiger partial charge in [-0.25, -0.2) is 4.79 Å². The molecule has 1 aromatic carbocycles. The van der Waals surface area contributed by atoms with Gasteiger partial charge in [-0.15, -0.1) is 0 Å². The van der Waals surface area contributed by atoms with Crippen molar-refractivity contribution >= 4 is 27.8 Å². The second-order valence-corrected chi connectivity index (χ2v) is 10.7. The summed E-state index contributed by atoms with van der Waals surface area (Å²) in [7, 11) is -1.60. The van der Waals surface area contributed by atoms with Gasteiger partial charge in [-0.1, -0.05) is 13.3 Å². The molecule has 7 nitrogen and oxygen atoms in total. The molecule has 34 heavy (non-hydrogen) atoms. The summed E-state index contributed by atoms with van der Waals surface area (Å²) in [6.07, 6.45) is -2.74. The van der Waals surface area contributed by atoms with Crippen molar-refractivity contribution in [2.45, 2.75) is 76.3 Å². The summed E-state index contributed by atoms with van der Waals surface area (Å²) in [6, 6.07) is 3.11. The number of aromatic nitrogens is 2. The van der Waals surface area contributed by atoms with Crippen LogP contribution in [0.15, 0.2) is 23.2 Å². The lowest BCUT2D eigenvalue weighted by molar-refractivity contribution is -0.137. The maximum absolute atomic E-state index is 13.2. The first-order chi connectivity index (χ1) is 15.9. The zero-order valence-corrected chi connectivity index (χ0v) is 20.6. The molecule has 1 aliphatic rings. The van der Waals surface area contributed by atoms with Gasteiger partial charge in [0.25, 0.3) is 0 Å². The first kappa shape index (κ1) is 26.2. The molecule has 0 aliphatic carbocycles. The van der Waals surface area contributed by atoms with E-state index in [4.69, 9.17) is 9.47 Å². The first-order valence-corrected chi connectivity index (χ1v) is 12.6. The SMILES string of the molecule is CCCCS(=O)c1nc(OC2CCN(C(=O)OC(C)(C)C)CC2)nc2ccc(C(F)(F)F)cc12. The number of fused-ring (bicyclic) bond motifs is 1. The second-order valence-electron chi connectivity index (χ2n) is 9.23. The summed E-state index contributed by atoms with van der Waals surface area (Å²) in [5.41, 5.74) is -1.19. The van der Waals surface area contributed by atoms with Gasteiger partial charge in [-0.05, 0) is 45.4 Å². The molecule has 1 aliphatic heterocycles. The van der Waals surface area contributed by atoms with E-state index in [1.807, 2.05) is 6.92 Å². The zero-order valence-electron chi connectivity index (χ0n) is 19.8. The predicted molar refractivity (Wildman–Crippen MR) is 122 cm³/mol. The Hall–Kier alpha value is -2.43. The van der Waals surface area contributed by atoms with Crippen molar-refractivity contribution in [1.82, 2.24) is 14.9 Å². The van der Waals surface area contributed by atoms with Crippen molar-refractivity contribution in [3.05, 3.63) is 23.8 Å². The Labute approximate surface area is 199 Å². The van der Waals surface area contributed by atoms with Gasteiger partial charge in [0, 0.05) is 37.1 Å². The Morgan fingerprint density at radius 1 is 1.18 bits per heavy atom. The Kier molecular flexibility index (Phi) is 8.05. The lowest BCUT2D eigenvalue weighted by Gasteiger charge is -2.33. The number of hydrogen-bond donors (Lipinski definition) is 0. The van der Waals surface area contributed by atoms with Crippen LogP contribution < -0.4 is 4.74 Å². The van der Waals surface area contributed by atoms with Crippen LogP contribution >= 0.6 is 0 Å². The number of benzene rings is 1. The highest BCUT2D eigenvalue weighted by Gasteiger charge is 2.32. The Morgan fingerprint density at radius 2 is 1.85 bits per heavy atom. The molecule has 3 rings (SSSR count). The fourth-order valence-electron chi connectivity index (χ4n) is 3.49. The van der Waals surface area contributed by atoms with Crippen LogP contribution in [0.3, 0.4) is 0 Å². The highest BCUT2D eigenvalue weighted by molar-refractivity contribution is 7.85. The maximum atomic E-state index is 13.2. The third-order valence-corrected chi connectivity index (χ3v) is 6.63. The molecular weight excluding hydrogens is 471 g/mol. The van der Waals surface area contributed by atoms with Crippen molar-refractivity contribution < 1.29 is 31.6 Å². The number of unbranched alkanes of at least 4 members (excludes halogenated alkanes) is 1. The van der Waals surface area contributed by atoms with Crippen molar-refractivity contribution in [2.24, 2.45) is 0 Å². The molecule has 0 bridgehead atoms. The number of nitrogens with zero attached hydrogens (tertiary/aromatic N) is 3. The summed E-state index contributed by atoms with van der Waals surface area (Å²) in [5, 5.41) is 0.155. The number of ether oxygens (including phenoxy) is 2. The van der Waals surface area contributed by atoms with E-state index < -0.39 is 28.1 Å². The molecule has 0 N–H and O–H groups in total. The number of alkyl halides is 3. The van der Waals surface area contributed by atoms with Gasteiger partial charge >= 0.3 is 18.3 Å². The number of rotatable bonds is 6. The van der Waals surface area contributed by atoms with Crippen molar-refractivity contribution in [1.29, 1.82) is 0 Å². The summed E-state index contributed by atoms with van der Waals surface area (Å²) in [5.74, 6) is 0.284. The molecule has 1 fully saturated rings. The maximum Gasteiger partial charge on any atom is 0.416 e. The summed E-state index contributed by atoms with van der Waals surface area (Å²) in [4.78, 5) is 22.4. The monoisotopic (exact) mass is 501 g/mol. The van der Waals surface area contributed by atoms with E-state index in [9.17, 15) is 22.2 Å². The lowest BCUT2D eigenvalue weighted by Crippen LogP contribution is -2.44. The van der Waals surface area contributed by atoms with Crippen molar-refractivity contribution in [3.63, 3.8) is 0 Å². The molecule has 1 saturated heterocycles. The molecule has 1 amide bonds. The van der Waals surface area contributed by atoms with Crippen LogP contribution in [-0.2, 0) is 21.7 Å². The predicted octanol–water partition coefficient (Wildman–Crippen LogP) is 5.33. The minimum Gasteiger partial charge on any atom is -0.460 e. The van der Waals surface area contributed by atoms with Crippen LogP contribution in [0.25, 0.3) is 10.9 Å². The van der Waals surface area contributed by atoms with Gasteiger partial charge in [-0.2, -0.15) is 23.1 Å². The topological polar surface area (TPSA) is 81.6 Å². The molecule has 1 unspecified atom stereocenters.